The molecule has 4 nitrogen and oxygen atoms in total. The molecule has 0 aliphatic carbocycles. The average molecular weight is 336 g/mol. The van der Waals surface area contributed by atoms with Crippen molar-refractivity contribution >= 4 is 23.5 Å². The summed E-state index contributed by atoms with van der Waals surface area (Å²) in [6.45, 7) is -0.0237. The molecule has 0 spiro atoms. The Labute approximate surface area is 138 Å². The number of esters is 1. The van der Waals surface area contributed by atoms with Crippen molar-refractivity contribution < 1.29 is 18.7 Å². The molecule has 120 valence electrons. The normalized spacial score (nSPS) is 10.2. The van der Waals surface area contributed by atoms with Crippen molar-refractivity contribution in [2.45, 2.75) is 13.0 Å². The molecule has 0 radical (unpaired) electrons. The Morgan fingerprint density at radius 2 is 1.78 bits per heavy atom. The number of rotatable bonds is 6. The van der Waals surface area contributed by atoms with E-state index in [1.165, 1.54) is 6.07 Å². The van der Waals surface area contributed by atoms with E-state index in [1.807, 2.05) is 0 Å². The Bertz CT molecular complexity index is 706. The molecular weight excluding hydrogens is 321 g/mol. The minimum atomic E-state index is -0.521. The number of carbonyl (C=O) groups is 2. The van der Waals surface area contributed by atoms with E-state index in [9.17, 15) is 14.0 Å². The maximum Gasteiger partial charge on any atom is 0.307 e. The van der Waals surface area contributed by atoms with Crippen LogP contribution in [0.4, 0.5) is 4.39 Å². The highest BCUT2D eigenvalue weighted by molar-refractivity contribution is 6.33. The molecule has 2 aromatic rings. The Morgan fingerprint density at radius 1 is 1.09 bits per heavy atom. The summed E-state index contributed by atoms with van der Waals surface area (Å²) in [4.78, 5) is 23.5. The zero-order valence-corrected chi connectivity index (χ0v) is 13.0. The number of benzene rings is 2. The summed E-state index contributed by atoms with van der Waals surface area (Å²) < 4.78 is 18.3. The molecule has 1 amide bonds. The van der Waals surface area contributed by atoms with Gasteiger partial charge in [0.1, 0.15) is 12.4 Å². The summed E-state index contributed by atoms with van der Waals surface area (Å²) in [5, 5.41) is 2.92. The molecule has 23 heavy (non-hydrogen) atoms. The summed E-state index contributed by atoms with van der Waals surface area (Å²) in [6.07, 6.45) is -0.00928. The van der Waals surface area contributed by atoms with Gasteiger partial charge >= 0.3 is 5.97 Å². The van der Waals surface area contributed by atoms with Crippen LogP contribution in [0.1, 0.15) is 22.3 Å². The molecule has 0 saturated heterocycles. The van der Waals surface area contributed by atoms with Gasteiger partial charge in [-0.05, 0) is 18.2 Å². The maximum atomic E-state index is 13.4. The second kappa shape index (κ2) is 8.29. The summed E-state index contributed by atoms with van der Waals surface area (Å²) in [6, 6.07) is 12.7. The standard InChI is InChI=1S/C17H15ClFNO3/c18-14-7-3-2-6-13(14)17(22)20-10-9-16(21)23-11-12-5-1-4-8-15(12)19/h1-8H,9-11H2,(H,20,22). The highest BCUT2D eigenvalue weighted by Crippen LogP contribution is 2.14. The number of nitrogens with one attached hydrogen (secondary N) is 1. The number of halogens is 2. The fourth-order valence-corrected chi connectivity index (χ4v) is 2.09. The van der Waals surface area contributed by atoms with Crippen molar-refractivity contribution in [3.05, 3.63) is 70.5 Å². The van der Waals surface area contributed by atoms with Crippen LogP contribution >= 0.6 is 11.6 Å². The van der Waals surface area contributed by atoms with Gasteiger partial charge in [-0.15, -0.1) is 0 Å². The molecule has 0 saturated carbocycles. The highest BCUT2D eigenvalue weighted by atomic mass is 35.5. The number of carbonyl (C=O) groups excluding carboxylic acids is 2. The summed E-state index contributed by atoms with van der Waals surface area (Å²) >= 11 is 5.90. The van der Waals surface area contributed by atoms with Crippen molar-refractivity contribution in [2.24, 2.45) is 0 Å². The van der Waals surface area contributed by atoms with Crippen LogP contribution in [-0.4, -0.2) is 18.4 Å². The molecule has 6 heteroatoms. The molecule has 2 aromatic carbocycles. The summed E-state index contributed by atoms with van der Waals surface area (Å²) in [5.41, 5.74) is 0.648. The molecule has 0 unspecified atom stereocenters. The van der Waals surface area contributed by atoms with E-state index in [4.69, 9.17) is 16.3 Å². The number of hydrogen-bond acceptors (Lipinski definition) is 3. The second-order valence-electron chi connectivity index (χ2n) is 4.74. The van der Waals surface area contributed by atoms with E-state index in [0.29, 0.717) is 16.1 Å². The first kappa shape index (κ1) is 17.0. The molecule has 2 rings (SSSR count). The van der Waals surface area contributed by atoms with Crippen molar-refractivity contribution in [2.75, 3.05) is 6.54 Å². The molecule has 0 fully saturated rings. The Kier molecular flexibility index (Phi) is 6.11. The zero-order chi connectivity index (χ0) is 16.7. The van der Waals surface area contributed by atoms with Gasteiger partial charge in [0.05, 0.1) is 17.0 Å². The van der Waals surface area contributed by atoms with E-state index in [0.717, 1.165) is 0 Å². The predicted octanol–water partition coefficient (Wildman–Crippen LogP) is 3.34. The smallest absolute Gasteiger partial charge is 0.307 e. The first-order chi connectivity index (χ1) is 11.1. The van der Waals surface area contributed by atoms with Gasteiger partial charge in [0.2, 0.25) is 0 Å². The Hall–Kier alpha value is -2.40. The van der Waals surface area contributed by atoms with Crippen LogP contribution < -0.4 is 5.32 Å². The fourth-order valence-electron chi connectivity index (χ4n) is 1.86. The largest absolute Gasteiger partial charge is 0.461 e. The monoisotopic (exact) mass is 335 g/mol. The minimum absolute atomic E-state index is 0.00928. The number of amides is 1. The zero-order valence-electron chi connectivity index (χ0n) is 12.2. The molecule has 0 aromatic heterocycles. The van der Waals surface area contributed by atoms with Crippen molar-refractivity contribution in [3.8, 4) is 0 Å². The lowest BCUT2D eigenvalue weighted by atomic mass is 10.2. The van der Waals surface area contributed by atoms with Gasteiger partial charge in [0.25, 0.3) is 5.91 Å². The molecule has 0 aliphatic rings. The van der Waals surface area contributed by atoms with Crippen LogP contribution in [0, 0.1) is 5.82 Å². The number of hydrogen-bond donors (Lipinski definition) is 1. The van der Waals surface area contributed by atoms with Gasteiger partial charge < -0.3 is 10.1 Å². The van der Waals surface area contributed by atoms with Crippen molar-refractivity contribution in [1.82, 2.24) is 5.32 Å². The lowest BCUT2D eigenvalue weighted by Crippen LogP contribution is -2.26. The fraction of sp³-hybridized carbons (Fsp3) is 0.176. The van der Waals surface area contributed by atoms with Crippen molar-refractivity contribution in [3.63, 3.8) is 0 Å². The van der Waals surface area contributed by atoms with Crippen LogP contribution in [0.15, 0.2) is 48.5 Å². The van der Waals surface area contributed by atoms with Crippen LogP contribution in [-0.2, 0) is 16.1 Å². The van der Waals surface area contributed by atoms with E-state index >= 15 is 0 Å². The van der Waals surface area contributed by atoms with Crippen LogP contribution in [0.5, 0.6) is 0 Å². The van der Waals surface area contributed by atoms with Gasteiger partial charge in [0, 0.05) is 12.1 Å². The second-order valence-corrected chi connectivity index (χ2v) is 5.15. The van der Waals surface area contributed by atoms with E-state index in [1.54, 1.807) is 42.5 Å². The van der Waals surface area contributed by atoms with Gasteiger partial charge in [-0.3, -0.25) is 9.59 Å². The summed E-state index contributed by atoms with van der Waals surface area (Å²) in [7, 11) is 0. The van der Waals surface area contributed by atoms with E-state index < -0.39 is 11.8 Å². The van der Waals surface area contributed by atoms with Gasteiger partial charge in [0.15, 0.2) is 0 Å². The third-order valence-electron chi connectivity index (χ3n) is 3.08. The van der Waals surface area contributed by atoms with E-state index in [2.05, 4.69) is 5.32 Å². The van der Waals surface area contributed by atoms with Crippen LogP contribution in [0.25, 0.3) is 0 Å². The maximum absolute atomic E-state index is 13.4. The molecule has 0 heterocycles. The van der Waals surface area contributed by atoms with Gasteiger partial charge in [-0.25, -0.2) is 4.39 Å². The van der Waals surface area contributed by atoms with Crippen LogP contribution in [0.2, 0.25) is 5.02 Å². The third kappa shape index (κ3) is 5.07. The first-order valence-electron chi connectivity index (χ1n) is 6.99. The Balaban J connectivity index is 1.74. The average Bonchev–Trinajstić information content (AvgIpc) is 2.54. The highest BCUT2D eigenvalue weighted by Gasteiger charge is 2.11. The minimum Gasteiger partial charge on any atom is -0.461 e. The van der Waals surface area contributed by atoms with Crippen LogP contribution in [0.3, 0.4) is 0 Å². The lowest BCUT2D eigenvalue weighted by molar-refractivity contribution is -0.144. The molecular formula is C17H15ClFNO3. The summed E-state index contributed by atoms with van der Waals surface area (Å²) in [5.74, 6) is -1.31. The van der Waals surface area contributed by atoms with Crippen molar-refractivity contribution in [1.29, 1.82) is 0 Å². The van der Waals surface area contributed by atoms with E-state index in [-0.39, 0.29) is 25.5 Å². The molecule has 1 N–H and O–H groups in total. The molecule has 0 atom stereocenters. The quantitative estimate of drug-likeness (QED) is 0.824. The Morgan fingerprint density at radius 3 is 2.52 bits per heavy atom. The topological polar surface area (TPSA) is 55.4 Å². The lowest BCUT2D eigenvalue weighted by Gasteiger charge is -2.08. The molecule has 0 bridgehead atoms. The first-order valence-corrected chi connectivity index (χ1v) is 7.37. The third-order valence-corrected chi connectivity index (χ3v) is 3.41. The van der Waals surface area contributed by atoms with Gasteiger partial charge in [-0.2, -0.15) is 0 Å². The number of ether oxygens (including phenoxy) is 1. The predicted molar refractivity (Wildman–Crippen MR) is 84.6 cm³/mol. The SMILES string of the molecule is O=C(CCNC(=O)c1ccccc1Cl)OCc1ccccc1F. The van der Waals surface area contributed by atoms with Gasteiger partial charge in [-0.1, -0.05) is 41.9 Å². The molecule has 0 aliphatic heterocycles.